The van der Waals surface area contributed by atoms with Gasteiger partial charge in [-0.3, -0.25) is 0 Å². The second-order valence-corrected chi connectivity index (χ2v) is 6.06. The quantitative estimate of drug-likeness (QED) is 0.895. The molecule has 2 N–H and O–H groups in total. The van der Waals surface area contributed by atoms with Crippen molar-refractivity contribution in [3.05, 3.63) is 46.7 Å². The van der Waals surface area contributed by atoms with Gasteiger partial charge in [-0.2, -0.15) is 0 Å². The van der Waals surface area contributed by atoms with Crippen LogP contribution in [0.4, 0.5) is 4.39 Å². The van der Waals surface area contributed by atoms with Crippen LogP contribution in [-0.2, 0) is 16.6 Å². The monoisotopic (exact) mass is 333 g/mol. The van der Waals surface area contributed by atoms with Gasteiger partial charge in [0.25, 0.3) is 0 Å². The number of benzene rings is 1. The number of hydrogen-bond acceptors (Lipinski definition) is 3. The predicted octanol–water partition coefficient (Wildman–Crippen LogP) is 1.79. The van der Waals surface area contributed by atoms with Crippen LogP contribution in [0.1, 0.15) is 5.82 Å². The van der Waals surface area contributed by atoms with Gasteiger partial charge in [-0.1, -0.05) is 0 Å². The lowest BCUT2D eigenvalue weighted by atomic mass is 10.3. The molecular weight excluding hydrogens is 325 g/mol. The van der Waals surface area contributed by atoms with Crippen LogP contribution in [0.3, 0.4) is 0 Å². The summed E-state index contributed by atoms with van der Waals surface area (Å²) in [5, 5.41) is 0. The van der Waals surface area contributed by atoms with Gasteiger partial charge in [0.2, 0.25) is 10.0 Å². The smallest absolute Gasteiger partial charge is 0.241 e. The van der Waals surface area contributed by atoms with E-state index in [0.29, 0.717) is 5.82 Å². The Balaban J connectivity index is 2.17. The van der Waals surface area contributed by atoms with Gasteiger partial charge in [0.05, 0.1) is 15.9 Å². The van der Waals surface area contributed by atoms with Gasteiger partial charge in [-0.05, 0) is 34.1 Å². The van der Waals surface area contributed by atoms with Crippen molar-refractivity contribution < 1.29 is 12.8 Å². The van der Waals surface area contributed by atoms with Gasteiger partial charge in [0, 0.05) is 12.4 Å². The van der Waals surface area contributed by atoms with Crippen LogP contribution < -0.4 is 4.72 Å². The Morgan fingerprint density at radius 3 is 2.83 bits per heavy atom. The molecule has 5 nitrogen and oxygen atoms in total. The molecule has 0 saturated carbocycles. The first kappa shape index (κ1) is 13.2. The third-order valence-corrected chi connectivity index (χ3v) is 4.23. The van der Waals surface area contributed by atoms with Gasteiger partial charge < -0.3 is 4.98 Å². The normalized spacial score (nSPS) is 11.7. The summed E-state index contributed by atoms with van der Waals surface area (Å²) >= 11 is 2.96. The first-order chi connectivity index (χ1) is 8.49. The summed E-state index contributed by atoms with van der Waals surface area (Å²) < 4.78 is 39.5. The molecule has 0 radical (unpaired) electrons. The average molecular weight is 334 g/mol. The van der Waals surface area contributed by atoms with Gasteiger partial charge >= 0.3 is 0 Å². The van der Waals surface area contributed by atoms with Crippen molar-refractivity contribution in [3.8, 4) is 0 Å². The van der Waals surface area contributed by atoms with E-state index in [1.807, 2.05) is 0 Å². The third-order valence-electron chi connectivity index (χ3n) is 2.19. The van der Waals surface area contributed by atoms with Gasteiger partial charge in [0.15, 0.2) is 0 Å². The largest absolute Gasteiger partial charge is 0.347 e. The van der Waals surface area contributed by atoms with E-state index < -0.39 is 15.8 Å². The Hall–Kier alpha value is -1.25. The number of H-pyrrole nitrogens is 1. The second kappa shape index (κ2) is 5.17. The lowest BCUT2D eigenvalue weighted by molar-refractivity contribution is 0.575. The average Bonchev–Trinajstić information content (AvgIpc) is 2.83. The predicted molar refractivity (Wildman–Crippen MR) is 66.7 cm³/mol. The van der Waals surface area contributed by atoms with Crippen molar-refractivity contribution in [1.82, 2.24) is 14.7 Å². The van der Waals surface area contributed by atoms with Crippen molar-refractivity contribution >= 4 is 26.0 Å². The lowest BCUT2D eigenvalue weighted by Gasteiger charge is -2.06. The molecular formula is C10H9BrFN3O2S. The summed E-state index contributed by atoms with van der Waals surface area (Å²) in [5.74, 6) is -0.146. The molecule has 0 aliphatic carbocycles. The van der Waals surface area contributed by atoms with Crippen LogP contribution in [0, 0.1) is 5.82 Å². The summed E-state index contributed by atoms with van der Waals surface area (Å²) in [5.41, 5.74) is 0. The van der Waals surface area contributed by atoms with Crippen LogP contribution in [0.5, 0.6) is 0 Å². The number of sulfonamides is 1. The zero-order valence-electron chi connectivity index (χ0n) is 9.02. The van der Waals surface area contributed by atoms with Crippen molar-refractivity contribution in [3.63, 3.8) is 0 Å². The van der Waals surface area contributed by atoms with E-state index in [-0.39, 0.29) is 15.9 Å². The maximum absolute atomic E-state index is 13.3. The van der Waals surface area contributed by atoms with Crippen molar-refractivity contribution in [1.29, 1.82) is 0 Å². The van der Waals surface area contributed by atoms with E-state index in [4.69, 9.17) is 0 Å². The number of imidazole rings is 1. The summed E-state index contributed by atoms with van der Waals surface area (Å²) in [4.78, 5) is 6.51. The topological polar surface area (TPSA) is 74.8 Å². The molecule has 0 aliphatic rings. The van der Waals surface area contributed by atoms with E-state index in [9.17, 15) is 12.8 Å². The molecule has 0 bridgehead atoms. The third kappa shape index (κ3) is 2.95. The molecule has 18 heavy (non-hydrogen) atoms. The van der Waals surface area contributed by atoms with Crippen molar-refractivity contribution in [2.45, 2.75) is 11.4 Å². The van der Waals surface area contributed by atoms with Crippen LogP contribution in [0.2, 0.25) is 0 Å². The number of rotatable bonds is 4. The molecule has 0 fully saturated rings. The number of halogens is 2. The number of hydrogen-bond donors (Lipinski definition) is 2. The SMILES string of the molecule is O=S(=O)(NCc1ncc[nH]1)c1ccc(Br)c(F)c1. The molecule has 0 saturated heterocycles. The number of nitrogens with zero attached hydrogens (tertiary/aromatic N) is 1. The maximum Gasteiger partial charge on any atom is 0.241 e. The van der Waals surface area contributed by atoms with E-state index in [2.05, 4.69) is 30.6 Å². The van der Waals surface area contributed by atoms with Crippen LogP contribution in [0.15, 0.2) is 40.0 Å². The summed E-state index contributed by atoms with van der Waals surface area (Å²) in [7, 11) is -3.75. The summed E-state index contributed by atoms with van der Waals surface area (Å²) in [6.07, 6.45) is 3.10. The van der Waals surface area contributed by atoms with Gasteiger partial charge in [-0.15, -0.1) is 0 Å². The molecule has 1 heterocycles. The highest BCUT2D eigenvalue weighted by molar-refractivity contribution is 9.10. The zero-order chi connectivity index (χ0) is 13.2. The number of aromatic nitrogens is 2. The molecule has 0 spiro atoms. The van der Waals surface area contributed by atoms with E-state index in [1.165, 1.54) is 18.3 Å². The van der Waals surface area contributed by atoms with Crippen molar-refractivity contribution in [2.24, 2.45) is 0 Å². The summed E-state index contributed by atoms with van der Waals surface area (Å²) in [6.45, 7) is 0.0208. The van der Waals surface area contributed by atoms with Gasteiger partial charge in [0.1, 0.15) is 11.6 Å². The molecule has 1 aromatic heterocycles. The van der Waals surface area contributed by atoms with Crippen LogP contribution >= 0.6 is 15.9 Å². The fourth-order valence-corrected chi connectivity index (χ4v) is 2.53. The first-order valence-corrected chi connectivity index (χ1v) is 7.19. The standard InChI is InChI=1S/C10H9BrFN3O2S/c11-8-2-1-7(5-9(8)12)18(16,17)15-6-10-13-3-4-14-10/h1-5,15H,6H2,(H,13,14). The highest BCUT2D eigenvalue weighted by atomic mass is 79.9. The second-order valence-electron chi connectivity index (χ2n) is 3.44. The fourth-order valence-electron chi connectivity index (χ4n) is 1.29. The Kier molecular flexibility index (Phi) is 3.79. The highest BCUT2D eigenvalue weighted by Crippen LogP contribution is 2.19. The highest BCUT2D eigenvalue weighted by Gasteiger charge is 2.15. The molecule has 1 aromatic carbocycles. The molecule has 2 rings (SSSR count). The van der Waals surface area contributed by atoms with Crippen molar-refractivity contribution in [2.75, 3.05) is 0 Å². The molecule has 0 atom stereocenters. The molecule has 8 heteroatoms. The number of aromatic amines is 1. The Bertz CT molecular complexity index is 643. The maximum atomic E-state index is 13.3. The Morgan fingerprint density at radius 2 is 2.22 bits per heavy atom. The Labute approximate surface area is 112 Å². The minimum Gasteiger partial charge on any atom is -0.347 e. The zero-order valence-corrected chi connectivity index (χ0v) is 11.4. The number of nitrogens with one attached hydrogen (secondary N) is 2. The molecule has 0 unspecified atom stereocenters. The molecule has 2 aromatic rings. The molecule has 96 valence electrons. The van der Waals surface area contributed by atoms with E-state index >= 15 is 0 Å². The molecule has 0 aliphatic heterocycles. The molecule has 0 amide bonds. The van der Waals surface area contributed by atoms with E-state index in [0.717, 1.165) is 6.07 Å². The minimum absolute atomic E-state index is 0.0208. The lowest BCUT2D eigenvalue weighted by Crippen LogP contribution is -2.23. The first-order valence-electron chi connectivity index (χ1n) is 4.92. The summed E-state index contributed by atoms with van der Waals surface area (Å²) in [6, 6.07) is 3.61. The van der Waals surface area contributed by atoms with Crippen LogP contribution in [-0.4, -0.2) is 18.4 Å². The van der Waals surface area contributed by atoms with Crippen LogP contribution in [0.25, 0.3) is 0 Å². The van der Waals surface area contributed by atoms with E-state index in [1.54, 1.807) is 6.20 Å². The Morgan fingerprint density at radius 1 is 1.44 bits per heavy atom. The fraction of sp³-hybridized carbons (Fsp3) is 0.100. The van der Waals surface area contributed by atoms with Gasteiger partial charge in [-0.25, -0.2) is 22.5 Å². The minimum atomic E-state index is -3.75.